The summed E-state index contributed by atoms with van der Waals surface area (Å²) in [4.78, 5) is 27.1. The van der Waals surface area contributed by atoms with Crippen molar-refractivity contribution < 1.29 is 22.7 Å². The van der Waals surface area contributed by atoms with Gasteiger partial charge in [0.05, 0.1) is 10.8 Å². The molecule has 10 heteroatoms. The van der Waals surface area contributed by atoms with Gasteiger partial charge in [-0.05, 0) is 71.1 Å². The molecular formula is C23H34ClN3O5S. The summed E-state index contributed by atoms with van der Waals surface area (Å²) in [7, 11) is -3.72. The van der Waals surface area contributed by atoms with Crippen LogP contribution in [0.4, 0.5) is 4.79 Å². The number of ether oxygens (including phenoxy) is 1. The van der Waals surface area contributed by atoms with Crippen molar-refractivity contribution in [1.29, 1.82) is 0 Å². The van der Waals surface area contributed by atoms with E-state index in [1.807, 2.05) is 20.8 Å². The van der Waals surface area contributed by atoms with Crippen molar-refractivity contribution in [1.82, 2.24) is 14.5 Å². The van der Waals surface area contributed by atoms with Crippen LogP contribution < -0.4 is 5.32 Å². The molecular weight excluding hydrogens is 466 g/mol. The van der Waals surface area contributed by atoms with Gasteiger partial charge in [-0.1, -0.05) is 17.7 Å². The first-order chi connectivity index (χ1) is 15.4. The number of halogens is 1. The number of carbonyl (C=O) groups excluding carboxylic acids is 2. The highest BCUT2D eigenvalue weighted by molar-refractivity contribution is 7.89. The number of carbonyl (C=O) groups is 2. The molecule has 0 aliphatic carbocycles. The topological polar surface area (TPSA) is 96.0 Å². The fraction of sp³-hybridized carbons (Fsp3) is 0.652. The minimum Gasteiger partial charge on any atom is -0.444 e. The third-order valence-electron chi connectivity index (χ3n) is 6.01. The van der Waals surface area contributed by atoms with Gasteiger partial charge < -0.3 is 15.0 Å². The third kappa shape index (κ3) is 6.39. The maximum absolute atomic E-state index is 13.2. The number of benzene rings is 1. The minimum absolute atomic E-state index is 0.147. The minimum atomic E-state index is -3.72. The molecule has 0 unspecified atom stereocenters. The Bertz CT molecular complexity index is 992. The summed E-state index contributed by atoms with van der Waals surface area (Å²) in [6.07, 6.45) is 2.35. The van der Waals surface area contributed by atoms with E-state index in [1.54, 1.807) is 30.0 Å². The summed E-state index contributed by atoms with van der Waals surface area (Å²) in [6, 6.07) is 4.58. The molecule has 2 fully saturated rings. The number of hydrogen-bond acceptors (Lipinski definition) is 5. The van der Waals surface area contributed by atoms with Crippen LogP contribution in [0, 0.1) is 12.8 Å². The van der Waals surface area contributed by atoms with E-state index >= 15 is 0 Å². The van der Waals surface area contributed by atoms with E-state index in [-0.39, 0.29) is 29.3 Å². The van der Waals surface area contributed by atoms with Gasteiger partial charge in [-0.15, -0.1) is 0 Å². The lowest BCUT2D eigenvalue weighted by molar-refractivity contribution is -0.127. The molecule has 2 amide bonds. The van der Waals surface area contributed by atoms with Crippen molar-refractivity contribution in [2.24, 2.45) is 5.92 Å². The van der Waals surface area contributed by atoms with E-state index in [4.69, 9.17) is 16.3 Å². The highest BCUT2D eigenvalue weighted by atomic mass is 35.5. The first kappa shape index (κ1) is 25.8. The molecule has 184 valence electrons. The van der Waals surface area contributed by atoms with Gasteiger partial charge in [0.2, 0.25) is 15.9 Å². The zero-order valence-corrected chi connectivity index (χ0v) is 21.3. The van der Waals surface area contributed by atoms with Crippen molar-refractivity contribution in [3.05, 3.63) is 28.8 Å². The fourth-order valence-corrected chi connectivity index (χ4v) is 6.29. The molecule has 2 atom stereocenters. The maximum atomic E-state index is 13.2. The first-order valence-electron chi connectivity index (χ1n) is 11.4. The van der Waals surface area contributed by atoms with E-state index in [0.717, 1.165) is 6.42 Å². The second-order valence-corrected chi connectivity index (χ2v) is 12.2. The zero-order valence-electron chi connectivity index (χ0n) is 19.8. The van der Waals surface area contributed by atoms with Crippen molar-refractivity contribution in [3.8, 4) is 0 Å². The smallest absolute Gasteiger partial charge is 0.410 e. The molecule has 1 N–H and O–H groups in total. The molecule has 2 saturated heterocycles. The van der Waals surface area contributed by atoms with Crippen LogP contribution in [0.2, 0.25) is 5.02 Å². The second-order valence-electron chi connectivity index (χ2n) is 9.84. The van der Waals surface area contributed by atoms with E-state index in [1.165, 1.54) is 4.31 Å². The molecule has 0 radical (unpaired) electrons. The predicted octanol–water partition coefficient (Wildman–Crippen LogP) is 3.56. The van der Waals surface area contributed by atoms with Crippen LogP contribution >= 0.6 is 11.6 Å². The van der Waals surface area contributed by atoms with Gasteiger partial charge in [0.1, 0.15) is 5.60 Å². The van der Waals surface area contributed by atoms with Gasteiger partial charge in [0, 0.05) is 37.2 Å². The Hall–Kier alpha value is -1.84. The Morgan fingerprint density at radius 3 is 2.52 bits per heavy atom. The Morgan fingerprint density at radius 1 is 1.12 bits per heavy atom. The van der Waals surface area contributed by atoms with E-state index in [9.17, 15) is 18.0 Å². The number of rotatable bonds is 4. The highest BCUT2D eigenvalue weighted by Gasteiger charge is 2.35. The van der Waals surface area contributed by atoms with Gasteiger partial charge in [0.15, 0.2) is 0 Å². The van der Waals surface area contributed by atoms with Crippen LogP contribution in [-0.4, -0.2) is 67.4 Å². The van der Waals surface area contributed by atoms with Crippen molar-refractivity contribution in [3.63, 3.8) is 0 Å². The van der Waals surface area contributed by atoms with Gasteiger partial charge in [0.25, 0.3) is 0 Å². The van der Waals surface area contributed by atoms with Crippen molar-refractivity contribution in [2.75, 3.05) is 26.2 Å². The lowest BCUT2D eigenvalue weighted by atomic mass is 9.96. The van der Waals surface area contributed by atoms with Crippen LogP contribution in [0.15, 0.2) is 23.1 Å². The summed E-state index contributed by atoms with van der Waals surface area (Å²) < 4.78 is 33.3. The third-order valence-corrected chi connectivity index (χ3v) is 8.43. The standard InChI is InChI=1S/C23H34ClN3O5S/c1-16-19(24)10-5-11-20(16)33(30,31)27-13-7-9-18(15-27)25-21(28)17-8-6-12-26(14-17)22(29)32-23(2,3)4/h5,10-11,17-18H,6-9,12-15H2,1-4H3,(H,25,28)/t17-,18-/m0/s1. The molecule has 0 spiro atoms. The summed E-state index contributed by atoms with van der Waals surface area (Å²) in [5.41, 5.74) is -0.0697. The Labute approximate surface area is 201 Å². The molecule has 2 aliphatic heterocycles. The zero-order chi connectivity index (χ0) is 24.4. The molecule has 0 bridgehead atoms. The van der Waals surface area contributed by atoms with Gasteiger partial charge >= 0.3 is 6.09 Å². The summed E-state index contributed by atoms with van der Waals surface area (Å²) >= 11 is 6.13. The molecule has 1 aromatic rings. The molecule has 8 nitrogen and oxygen atoms in total. The van der Waals surface area contributed by atoms with Gasteiger partial charge in [-0.2, -0.15) is 4.31 Å². The van der Waals surface area contributed by atoms with Crippen LogP contribution in [0.3, 0.4) is 0 Å². The van der Waals surface area contributed by atoms with Gasteiger partial charge in [-0.25, -0.2) is 13.2 Å². The summed E-state index contributed by atoms with van der Waals surface area (Å²) in [5, 5.41) is 3.43. The molecule has 33 heavy (non-hydrogen) atoms. The maximum Gasteiger partial charge on any atom is 0.410 e. The Morgan fingerprint density at radius 2 is 1.82 bits per heavy atom. The molecule has 3 rings (SSSR count). The SMILES string of the molecule is Cc1c(Cl)cccc1S(=O)(=O)N1CCC[C@H](NC(=O)[C@H]2CCCN(C(=O)OC(C)(C)C)C2)C1. The van der Waals surface area contributed by atoms with Crippen LogP contribution in [0.25, 0.3) is 0 Å². The number of nitrogens with one attached hydrogen (secondary N) is 1. The number of likely N-dealkylation sites (tertiary alicyclic amines) is 1. The second kappa shape index (κ2) is 10.2. The lowest BCUT2D eigenvalue weighted by Crippen LogP contribution is -2.53. The fourth-order valence-electron chi connectivity index (χ4n) is 4.29. The molecule has 2 heterocycles. The molecule has 0 aromatic heterocycles. The first-order valence-corrected chi connectivity index (χ1v) is 13.2. The monoisotopic (exact) mass is 499 g/mol. The van der Waals surface area contributed by atoms with Crippen LogP contribution in [0.5, 0.6) is 0 Å². The largest absolute Gasteiger partial charge is 0.444 e. The Balaban J connectivity index is 1.62. The predicted molar refractivity (Wildman–Crippen MR) is 127 cm³/mol. The number of piperidine rings is 2. The lowest BCUT2D eigenvalue weighted by Gasteiger charge is -2.36. The number of sulfonamides is 1. The van der Waals surface area contributed by atoms with Crippen molar-refractivity contribution >= 4 is 33.6 Å². The number of nitrogens with zero attached hydrogens (tertiary/aromatic N) is 2. The van der Waals surface area contributed by atoms with Crippen LogP contribution in [0.1, 0.15) is 52.0 Å². The molecule has 0 saturated carbocycles. The molecule has 1 aromatic carbocycles. The summed E-state index contributed by atoms with van der Waals surface area (Å²) in [6.45, 7) is 8.60. The highest BCUT2D eigenvalue weighted by Crippen LogP contribution is 2.28. The number of hydrogen-bond donors (Lipinski definition) is 1. The number of amides is 2. The van der Waals surface area contributed by atoms with Gasteiger partial charge in [-0.3, -0.25) is 4.79 Å². The Kier molecular flexibility index (Phi) is 7.96. The van der Waals surface area contributed by atoms with Crippen LogP contribution in [-0.2, 0) is 19.6 Å². The summed E-state index contributed by atoms with van der Waals surface area (Å²) in [5.74, 6) is -0.486. The average molecular weight is 500 g/mol. The quantitative estimate of drug-likeness (QED) is 0.683. The molecule has 2 aliphatic rings. The average Bonchev–Trinajstić information content (AvgIpc) is 2.74. The van der Waals surface area contributed by atoms with E-state index in [2.05, 4.69) is 5.32 Å². The van der Waals surface area contributed by atoms with Crippen molar-refractivity contribution in [2.45, 2.75) is 69.9 Å². The van der Waals surface area contributed by atoms with E-state index < -0.39 is 21.7 Å². The normalized spacial score (nSPS) is 22.6. The van der Waals surface area contributed by atoms with E-state index in [0.29, 0.717) is 49.5 Å².